The van der Waals surface area contributed by atoms with Gasteiger partial charge in [-0.1, -0.05) is 62.8 Å². The molecule has 2 saturated carbocycles. The molecule has 2 aliphatic carbocycles. The molecule has 0 unspecified atom stereocenters. The van der Waals surface area contributed by atoms with Crippen molar-refractivity contribution in [2.75, 3.05) is 26.4 Å². The van der Waals surface area contributed by atoms with Crippen molar-refractivity contribution < 1.29 is 23.7 Å². The third-order valence-electron chi connectivity index (χ3n) is 8.52. The van der Waals surface area contributed by atoms with Gasteiger partial charge in [-0.2, -0.15) is 0 Å². The smallest absolute Gasteiger partial charge is 0.193 e. The standard InChI is InChI=1S/C31H38O5/c32-29(25-13-11-23(30-33-15-16-34-30)19-27(25)21-7-3-1-4-8-21)26-14-12-24(31-35-17-18-36-31)20-28(26)22-9-5-2-6-10-22/h11-14,19-22,30-31H,1-10,15-18H2. The summed E-state index contributed by atoms with van der Waals surface area (Å²) in [4.78, 5) is 14.3. The average Bonchev–Trinajstić information content (AvgIpc) is 3.68. The maximum Gasteiger partial charge on any atom is 0.193 e. The van der Waals surface area contributed by atoms with Crippen molar-refractivity contribution in [3.05, 3.63) is 69.8 Å². The normalized spacial score (nSPS) is 22.9. The molecule has 2 heterocycles. The minimum atomic E-state index is -0.319. The first kappa shape index (κ1) is 24.3. The highest BCUT2D eigenvalue weighted by molar-refractivity contribution is 6.11. The zero-order valence-electron chi connectivity index (χ0n) is 21.2. The van der Waals surface area contributed by atoms with Gasteiger partial charge in [0.1, 0.15) is 0 Å². The molecule has 5 heteroatoms. The van der Waals surface area contributed by atoms with Crippen LogP contribution in [0, 0.1) is 0 Å². The van der Waals surface area contributed by atoms with Gasteiger partial charge in [-0.3, -0.25) is 4.79 Å². The molecule has 0 bridgehead atoms. The van der Waals surface area contributed by atoms with E-state index in [-0.39, 0.29) is 18.4 Å². The highest BCUT2D eigenvalue weighted by Gasteiger charge is 2.29. The van der Waals surface area contributed by atoms with Gasteiger partial charge in [-0.25, -0.2) is 0 Å². The molecular weight excluding hydrogens is 452 g/mol. The van der Waals surface area contributed by atoms with Crippen LogP contribution in [0.2, 0.25) is 0 Å². The van der Waals surface area contributed by atoms with Crippen molar-refractivity contribution >= 4 is 5.78 Å². The van der Waals surface area contributed by atoms with Crippen LogP contribution < -0.4 is 0 Å². The van der Waals surface area contributed by atoms with Gasteiger partial charge in [0.05, 0.1) is 26.4 Å². The van der Waals surface area contributed by atoms with E-state index >= 15 is 0 Å². The zero-order chi connectivity index (χ0) is 24.3. The molecule has 6 rings (SSSR count). The lowest BCUT2D eigenvalue weighted by molar-refractivity contribution is -0.0443. The average molecular weight is 491 g/mol. The topological polar surface area (TPSA) is 54.0 Å². The van der Waals surface area contributed by atoms with Crippen molar-refractivity contribution in [2.45, 2.75) is 88.6 Å². The molecule has 4 aliphatic rings. The molecule has 0 radical (unpaired) electrons. The number of carbonyl (C=O) groups excluding carboxylic acids is 1. The van der Waals surface area contributed by atoms with Gasteiger partial charge >= 0.3 is 0 Å². The first-order valence-corrected chi connectivity index (χ1v) is 14.1. The Kier molecular flexibility index (Phi) is 7.52. The molecule has 36 heavy (non-hydrogen) atoms. The van der Waals surface area contributed by atoms with E-state index in [1.165, 1.54) is 49.7 Å². The van der Waals surface area contributed by atoms with Gasteiger partial charge in [0.15, 0.2) is 18.4 Å². The summed E-state index contributed by atoms with van der Waals surface area (Å²) in [5, 5.41) is 0. The first-order chi connectivity index (χ1) is 17.8. The molecule has 0 atom stereocenters. The second kappa shape index (κ2) is 11.1. The van der Waals surface area contributed by atoms with Crippen LogP contribution in [0.1, 0.15) is 127 Å². The molecule has 0 N–H and O–H groups in total. The summed E-state index contributed by atoms with van der Waals surface area (Å²) in [6.07, 6.45) is 11.4. The van der Waals surface area contributed by atoms with E-state index in [9.17, 15) is 4.79 Å². The van der Waals surface area contributed by atoms with Gasteiger partial charge < -0.3 is 18.9 Å². The molecule has 2 aliphatic heterocycles. The van der Waals surface area contributed by atoms with E-state index in [0.717, 1.165) is 47.9 Å². The van der Waals surface area contributed by atoms with Gasteiger partial charge in [-0.05, 0) is 60.8 Å². The maximum absolute atomic E-state index is 14.3. The predicted octanol–water partition coefficient (Wildman–Crippen LogP) is 7.10. The van der Waals surface area contributed by atoms with E-state index in [0.29, 0.717) is 38.3 Å². The molecule has 0 aromatic heterocycles. The van der Waals surface area contributed by atoms with Crippen LogP contribution >= 0.6 is 0 Å². The molecule has 0 spiro atoms. The second-order valence-corrected chi connectivity index (χ2v) is 10.8. The highest BCUT2D eigenvalue weighted by atomic mass is 16.7. The fourth-order valence-corrected chi connectivity index (χ4v) is 6.62. The summed E-state index contributed by atoms with van der Waals surface area (Å²) in [5.41, 5.74) is 6.12. The quantitative estimate of drug-likeness (QED) is 0.404. The summed E-state index contributed by atoms with van der Waals surface area (Å²) in [5.74, 6) is 0.976. The summed E-state index contributed by atoms with van der Waals surface area (Å²) in [6.45, 7) is 2.48. The van der Waals surface area contributed by atoms with E-state index in [1.807, 2.05) is 24.3 Å². The first-order valence-electron chi connectivity index (χ1n) is 14.1. The van der Waals surface area contributed by atoms with Crippen LogP contribution in [-0.2, 0) is 18.9 Å². The molecule has 2 aromatic rings. The summed E-state index contributed by atoms with van der Waals surface area (Å²) in [6, 6.07) is 12.5. The predicted molar refractivity (Wildman–Crippen MR) is 137 cm³/mol. The minimum Gasteiger partial charge on any atom is -0.346 e. The van der Waals surface area contributed by atoms with Crippen LogP contribution in [0.3, 0.4) is 0 Å². The molecule has 4 fully saturated rings. The largest absolute Gasteiger partial charge is 0.346 e. The number of benzene rings is 2. The third kappa shape index (κ3) is 5.04. The minimum absolute atomic E-state index is 0.149. The zero-order valence-corrected chi connectivity index (χ0v) is 21.2. The number of rotatable bonds is 6. The van der Waals surface area contributed by atoms with Crippen molar-refractivity contribution in [1.82, 2.24) is 0 Å². The van der Waals surface area contributed by atoms with Crippen LogP contribution in [0.5, 0.6) is 0 Å². The van der Waals surface area contributed by atoms with Gasteiger partial charge in [0.25, 0.3) is 0 Å². The molecule has 192 valence electrons. The summed E-state index contributed by atoms with van der Waals surface area (Å²) < 4.78 is 23.2. The molecule has 5 nitrogen and oxygen atoms in total. The lowest BCUT2D eigenvalue weighted by Crippen LogP contribution is -2.17. The summed E-state index contributed by atoms with van der Waals surface area (Å²) >= 11 is 0. The Morgan fingerprint density at radius 2 is 0.944 bits per heavy atom. The van der Waals surface area contributed by atoms with Crippen LogP contribution in [0.25, 0.3) is 0 Å². The van der Waals surface area contributed by atoms with Crippen molar-refractivity contribution in [1.29, 1.82) is 0 Å². The number of carbonyl (C=O) groups is 1. The third-order valence-corrected chi connectivity index (χ3v) is 8.52. The Bertz CT molecular complexity index is 971. The summed E-state index contributed by atoms with van der Waals surface area (Å²) in [7, 11) is 0. The van der Waals surface area contributed by atoms with E-state index < -0.39 is 0 Å². The maximum atomic E-state index is 14.3. The number of hydrogen-bond acceptors (Lipinski definition) is 5. The Morgan fingerprint density at radius 3 is 1.33 bits per heavy atom. The van der Waals surface area contributed by atoms with E-state index in [2.05, 4.69) is 12.1 Å². The SMILES string of the molecule is O=C(c1ccc(C2OCCO2)cc1C1CCCCC1)c1ccc(C2OCCO2)cc1C1CCCCC1. The monoisotopic (exact) mass is 490 g/mol. The number of ether oxygens (including phenoxy) is 4. The molecular formula is C31H38O5. The molecule has 0 amide bonds. The van der Waals surface area contributed by atoms with Gasteiger partial charge in [-0.15, -0.1) is 0 Å². The number of ketones is 1. The van der Waals surface area contributed by atoms with Crippen molar-refractivity contribution in [3.63, 3.8) is 0 Å². The Morgan fingerprint density at radius 1 is 0.556 bits per heavy atom. The van der Waals surface area contributed by atoms with Crippen molar-refractivity contribution in [3.8, 4) is 0 Å². The van der Waals surface area contributed by atoms with Gasteiger partial charge in [0.2, 0.25) is 0 Å². The van der Waals surface area contributed by atoms with E-state index in [4.69, 9.17) is 18.9 Å². The number of hydrogen-bond donors (Lipinski definition) is 0. The lowest BCUT2D eigenvalue weighted by Gasteiger charge is -2.27. The molecule has 2 saturated heterocycles. The fourth-order valence-electron chi connectivity index (χ4n) is 6.62. The van der Waals surface area contributed by atoms with Crippen LogP contribution in [0.15, 0.2) is 36.4 Å². The lowest BCUT2D eigenvalue weighted by atomic mass is 9.77. The van der Waals surface area contributed by atoms with Crippen molar-refractivity contribution in [2.24, 2.45) is 0 Å². The molecule has 2 aromatic carbocycles. The Hall–Kier alpha value is -2.05. The van der Waals surface area contributed by atoms with E-state index in [1.54, 1.807) is 0 Å². The Balaban J connectivity index is 1.39. The fraction of sp³-hybridized carbons (Fsp3) is 0.581. The van der Waals surface area contributed by atoms with Crippen LogP contribution in [0.4, 0.5) is 0 Å². The van der Waals surface area contributed by atoms with Gasteiger partial charge in [0, 0.05) is 22.3 Å². The second-order valence-electron chi connectivity index (χ2n) is 10.8. The Labute approximate surface area is 214 Å². The highest BCUT2D eigenvalue weighted by Crippen LogP contribution is 2.40. The van der Waals surface area contributed by atoms with Crippen LogP contribution in [-0.4, -0.2) is 32.2 Å².